The van der Waals surface area contributed by atoms with Crippen molar-refractivity contribution in [1.29, 1.82) is 0 Å². The van der Waals surface area contributed by atoms with Crippen molar-refractivity contribution >= 4 is 21.7 Å². The van der Waals surface area contributed by atoms with Gasteiger partial charge < -0.3 is 14.9 Å². The van der Waals surface area contributed by atoms with Gasteiger partial charge in [0.05, 0.1) is 6.61 Å². The van der Waals surface area contributed by atoms with Crippen LogP contribution in [0.2, 0.25) is 0 Å². The largest absolute Gasteiger partial charge is 0.392 e. The van der Waals surface area contributed by atoms with Crippen LogP contribution in [-0.4, -0.2) is 48.2 Å². The highest BCUT2D eigenvalue weighted by Crippen LogP contribution is 2.28. The van der Waals surface area contributed by atoms with Gasteiger partial charge in [-0.05, 0) is 48.9 Å². The van der Waals surface area contributed by atoms with Crippen molar-refractivity contribution in [3.05, 3.63) is 22.3 Å². The average molecular weight is 314 g/mol. The molecule has 0 aromatic carbocycles. The van der Waals surface area contributed by atoms with E-state index in [1.165, 1.54) is 12.8 Å². The fourth-order valence-electron chi connectivity index (χ4n) is 2.57. The van der Waals surface area contributed by atoms with Crippen molar-refractivity contribution in [1.82, 2.24) is 9.88 Å². The number of aliphatic hydroxyl groups excluding tert-OH is 1. The van der Waals surface area contributed by atoms with Crippen LogP contribution in [0, 0.1) is 0 Å². The molecule has 0 spiro atoms. The summed E-state index contributed by atoms with van der Waals surface area (Å²) in [6, 6.07) is 2.45. The molecule has 1 atom stereocenters. The smallest absolute Gasteiger partial charge is 0.134 e. The Kier molecular flexibility index (Phi) is 4.59. The molecule has 0 saturated carbocycles. The van der Waals surface area contributed by atoms with Gasteiger partial charge >= 0.3 is 0 Å². The van der Waals surface area contributed by atoms with Crippen molar-refractivity contribution < 1.29 is 5.11 Å². The molecule has 0 bridgehead atoms. The molecule has 1 N–H and O–H groups in total. The lowest BCUT2D eigenvalue weighted by atomic mass is 10.2. The van der Waals surface area contributed by atoms with E-state index in [-0.39, 0.29) is 6.61 Å². The number of rotatable bonds is 4. The SMILES string of the molecule is CN(C)CC1CCCN1c1ncc(Br)cc1CO. The Morgan fingerprint density at radius 1 is 1.56 bits per heavy atom. The number of likely N-dealkylation sites (N-methyl/N-ethyl adjacent to an activating group) is 1. The Morgan fingerprint density at radius 2 is 2.33 bits per heavy atom. The summed E-state index contributed by atoms with van der Waals surface area (Å²) in [5.74, 6) is 0.935. The van der Waals surface area contributed by atoms with E-state index in [1.54, 1.807) is 6.20 Å². The molecule has 1 saturated heterocycles. The number of halogens is 1. The first-order chi connectivity index (χ1) is 8.61. The van der Waals surface area contributed by atoms with Crippen molar-refractivity contribution in [3.8, 4) is 0 Å². The third-order valence-electron chi connectivity index (χ3n) is 3.30. The van der Waals surface area contributed by atoms with Crippen LogP contribution in [0.1, 0.15) is 18.4 Å². The zero-order chi connectivity index (χ0) is 13.1. The maximum absolute atomic E-state index is 9.47. The van der Waals surface area contributed by atoms with Crippen LogP contribution in [-0.2, 0) is 6.61 Å². The minimum absolute atomic E-state index is 0.0347. The molecule has 0 amide bonds. The van der Waals surface area contributed by atoms with E-state index in [2.05, 4.69) is 44.8 Å². The minimum atomic E-state index is 0.0347. The molecule has 5 heteroatoms. The van der Waals surface area contributed by atoms with Gasteiger partial charge in [0.2, 0.25) is 0 Å². The van der Waals surface area contributed by atoms with Gasteiger partial charge in [-0.25, -0.2) is 4.98 Å². The predicted molar refractivity (Wildman–Crippen MR) is 76.8 cm³/mol. The maximum atomic E-state index is 9.47. The van der Waals surface area contributed by atoms with Crippen LogP contribution in [0.5, 0.6) is 0 Å². The molecular formula is C13H20BrN3O. The zero-order valence-electron chi connectivity index (χ0n) is 10.9. The van der Waals surface area contributed by atoms with Gasteiger partial charge in [-0.2, -0.15) is 0 Å². The number of aromatic nitrogens is 1. The van der Waals surface area contributed by atoms with Gasteiger partial charge in [-0.1, -0.05) is 0 Å². The van der Waals surface area contributed by atoms with E-state index in [4.69, 9.17) is 0 Å². The number of nitrogens with zero attached hydrogens (tertiary/aromatic N) is 3. The number of hydrogen-bond acceptors (Lipinski definition) is 4. The van der Waals surface area contributed by atoms with Gasteiger partial charge in [0.1, 0.15) is 5.82 Å². The summed E-state index contributed by atoms with van der Waals surface area (Å²) in [6.07, 6.45) is 4.20. The highest BCUT2D eigenvalue weighted by Gasteiger charge is 2.27. The lowest BCUT2D eigenvalue weighted by Crippen LogP contribution is -2.38. The van der Waals surface area contributed by atoms with Crippen LogP contribution in [0.25, 0.3) is 0 Å². The third-order valence-corrected chi connectivity index (χ3v) is 3.74. The fourth-order valence-corrected chi connectivity index (χ4v) is 2.95. The average Bonchev–Trinajstić information content (AvgIpc) is 2.76. The summed E-state index contributed by atoms with van der Waals surface area (Å²) >= 11 is 3.40. The fraction of sp³-hybridized carbons (Fsp3) is 0.615. The van der Waals surface area contributed by atoms with Crippen molar-refractivity contribution in [2.75, 3.05) is 32.1 Å². The van der Waals surface area contributed by atoms with Crippen LogP contribution in [0.3, 0.4) is 0 Å². The van der Waals surface area contributed by atoms with Crippen LogP contribution in [0.4, 0.5) is 5.82 Å². The lowest BCUT2D eigenvalue weighted by molar-refractivity contribution is 0.281. The predicted octanol–water partition coefficient (Wildman–Crippen LogP) is 1.87. The van der Waals surface area contributed by atoms with Crippen molar-refractivity contribution in [2.45, 2.75) is 25.5 Å². The molecule has 1 unspecified atom stereocenters. The maximum Gasteiger partial charge on any atom is 0.134 e. The molecule has 2 rings (SSSR count). The second kappa shape index (κ2) is 5.99. The highest BCUT2D eigenvalue weighted by atomic mass is 79.9. The highest BCUT2D eigenvalue weighted by molar-refractivity contribution is 9.10. The molecule has 1 aromatic heterocycles. The second-order valence-electron chi connectivity index (χ2n) is 5.05. The minimum Gasteiger partial charge on any atom is -0.392 e. The second-order valence-corrected chi connectivity index (χ2v) is 5.96. The standard InChI is InChI=1S/C13H20BrN3O/c1-16(2)8-12-4-3-5-17(12)13-10(9-18)6-11(14)7-15-13/h6-7,12,18H,3-5,8-9H2,1-2H3. The summed E-state index contributed by atoms with van der Waals surface area (Å²) < 4.78 is 0.915. The van der Waals surface area contributed by atoms with Gasteiger partial charge in [-0.15, -0.1) is 0 Å². The van der Waals surface area contributed by atoms with Gasteiger partial charge in [0.25, 0.3) is 0 Å². The van der Waals surface area contributed by atoms with Crippen LogP contribution >= 0.6 is 15.9 Å². The molecule has 0 aliphatic carbocycles. The number of hydrogen-bond donors (Lipinski definition) is 1. The molecule has 1 aromatic rings. The Labute approximate surface area is 117 Å². The molecule has 100 valence electrons. The first-order valence-electron chi connectivity index (χ1n) is 6.28. The first kappa shape index (κ1) is 13.8. The van der Waals surface area contributed by atoms with E-state index < -0.39 is 0 Å². The molecule has 18 heavy (non-hydrogen) atoms. The quantitative estimate of drug-likeness (QED) is 0.921. The van der Waals surface area contributed by atoms with Gasteiger partial charge in [0.15, 0.2) is 0 Å². The summed E-state index contributed by atoms with van der Waals surface area (Å²) in [5.41, 5.74) is 0.898. The summed E-state index contributed by atoms with van der Waals surface area (Å²) in [4.78, 5) is 9.03. The molecular weight excluding hydrogens is 294 g/mol. The summed E-state index contributed by atoms with van der Waals surface area (Å²) in [5, 5.41) is 9.47. The number of anilines is 1. The zero-order valence-corrected chi connectivity index (χ0v) is 12.5. The Balaban J connectivity index is 2.24. The Morgan fingerprint density at radius 3 is 3.00 bits per heavy atom. The molecule has 1 fully saturated rings. The molecule has 1 aliphatic rings. The molecule has 0 radical (unpaired) electrons. The van der Waals surface area contributed by atoms with Crippen molar-refractivity contribution in [3.63, 3.8) is 0 Å². The lowest BCUT2D eigenvalue weighted by Gasteiger charge is -2.29. The summed E-state index contributed by atoms with van der Waals surface area (Å²) in [7, 11) is 4.19. The van der Waals surface area contributed by atoms with E-state index in [1.807, 2.05) is 6.07 Å². The normalized spacial score (nSPS) is 19.8. The van der Waals surface area contributed by atoms with E-state index >= 15 is 0 Å². The first-order valence-corrected chi connectivity index (χ1v) is 7.07. The van der Waals surface area contributed by atoms with E-state index in [0.717, 1.165) is 28.9 Å². The topological polar surface area (TPSA) is 39.6 Å². The Hall–Kier alpha value is -0.650. The van der Waals surface area contributed by atoms with Crippen LogP contribution in [0.15, 0.2) is 16.7 Å². The van der Waals surface area contributed by atoms with Crippen LogP contribution < -0.4 is 4.90 Å². The molecule has 1 aliphatic heterocycles. The number of pyridine rings is 1. The van der Waals surface area contributed by atoms with E-state index in [0.29, 0.717) is 6.04 Å². The Bertz CT molecular complexity index is 411. The monoisotopic (exact) mass is 313 g/mol. The third kappa shape index (κ3) is 3.02. The number of aliphatic hydroxyl groups is 1. The van der Waals surface area contributed by atoms with Crippen molar-refractivity contribution in [2.24, 2.45) is 0 Å². The molecule has 4 nitrogen and oxygen atoms in total. The molecule has 2 heterocycles. The summed E-state index contributed by atoms with van der Waals surface area (Å²) in [6.45, 7) is 2.09. The van der Waals surface area contributed by atoms with E-state index in [9.17, 15) is 5.11 Å². The van der Waals surface area contributed by atoms with Gasteiger partial charge in [0, 0.05) is 35.4 Å². The van der Waals surface area contributed by atoms with Gasteiger partial charge in [-0.3, -0.25) is 0 Å².